The van der Waals surface area contributed by atoms with Crippen LogP contribution in [-0.2, 0) is 4.79 Å². The van der Waals surface area contributed by atoms with Crippen LogP contribution in [0.1, 0.15) is 19.8 Å². The Labute approximate surface area is 76.4 Å². The van der Waals surface area contributed by atoms with Gasteiger partial charge in [0.05, 0.1) is 11.7 Å². The van der Waals surface area contributed by atoms with Crippen LogP contribution in [0.25, 0.3) is 0 Å². The van der Waals surface area contributed by atoms with Gasteiger partial charge in [0.25, 0.3) is 0 Å². The Bertz CT molecular complexity index is 272. The van der Waals surface area contributed by atoms with Crippen LogP contribution in [0.15, 0.2) is 11.9 Å². The Morgan fingerprint density at radius 3 is 2.77 bits per heavy atom. The summed E-state index contributed by atoms with van der Waals surface area (Å²) in [5, 5.41) is 8.97. The molecule has 0 heterocycles. The number of rotatable bonds is 1. The van der Waals surface area contributed by atoms with Crippen molar-refractivity contribution in [3.63, 3.8) is 0 Å². The van der Waals surface area contributed by atoms with Crippen LogP contribution in [0, 0.1) is 23.7 Å². The van der Waals surface area contributed by atoms with Gasteiger partial charge in [-0.2, -0.15) is 0 Å². The van der Waals surface area contributed by atoms with E-state index >= 15 is 0 Å². The fourth-order valence-corrected chi connectivity index (χ4v) is 2.77. The molecule has 0 aliphatic heterocycles. The van der Waals surface area contributed by atoms with E-state index in [2.05, 4.69) is 0 Å². The summed E-state index contributed by atoms with van der Waals surface area (Å²) in [6.45, 7) is 1.85. The van der Waals surface area contributed by atoms with Gasteiger partial charge < -0.3 is 5.11 Å². The van der Waals surface area contributed by atoms with Gasteiger partial charge in [-0.05, 0) is 30.8 Å². The highest BCUT2D eigenvalue weighted by Crippen LogP contribution is 2.48. The summed E-state index contributed by atoms with van der Waals surface area (Å²) in [6.07, 6.45) is 3.17. The van der Waals surface area contributed by atoms with Crippen LogP contribution in [0.5, 0.6) is 0 Å². The van der Waals surface area contributed by atoms with Crippen LogP contribution in [0.2, 0.25) is 0 Å². The summed E-state index contributed by atoms with van der Waals surface area (Å²) < 4.78 is 13.2. The molecule has 2 nitrogen and oxygen atoms in total. The Kier molecular flexibility index (Phi) is 1.90. The second kappa shape index (κ2) is 2.82. The molecule has 4 unspecified atom stereocenters. The molecule has 1 N–H and O–H groups in total. The monoisotopic (exact) mass is 184 g/mol. The first-order valence-corrected chi connectivity index (χ1v) is 4.71. The number of halogens is 1. The highest BCUT2D eigenvalue weighted by Gasteiger charge is 2.45. The number of aliphatic carboxylic acids is 1. The Morgan fingerprint density at radius 2 is 2.31 bits per heavy atom. The van der Waals surface area contributed by atoms with Gasteiger partial charge in [-0.15, -0.1) is 0 Å². The van der Waals surface area contributed by atoms with E-state index in [1.54, 1.807) is 0 Å². The third-order valence-corrected chi connectivity index (χ3v) is 3.49. The molecule has 3 aliphatic rings. The molecule has 72 valence electrons. The molecule has 0 radical (unpaired) electrons. The fourth-order valence-electron chi connectivity index (χ4n) is 2.77. The number of allylic oxidation sites excluding steroid dienone is 2. The van der Waals surface area contributed by atoms with Crippen molar-refractivity contribution >= 4 is 5.97 Å². The van der Waals surface area contributed by atoms with E-state index in [-0.39, 0.29) is 29.5 Å². The SMILES string of the molecule is CC1C2CCC(C=C2F)C1C(=O)O. The first-order valence-electron chi connectivity index (χ1n) is 4.71. The highest BCUT2D eigenvalue weighted by atomic mass is 19.1. The summed E-state index contributed by atoms with van der Waals surface area (Å²) in [5.41, 5.74) is 0. The van der Waals surface area contributed by atoms with Crippen LogP contribution in [0.3, 0.4) is 0 Å². The molecule has 0 saturated heterocycles. The topological polar surface area (TPSA) is 37.3 Å². The van der Waals surface area contributed by atoms with Crippen molar-refractivity contribution in [1.29, 1.82) is 0 Å². The van der Waals surface area contributed by atoms with Crippen molar-refractivity contribution in [2.45, 2.75) is 19.8 Å². The van der Waals surface area contributed by atoms with Crippen molar-refractivity contribution in [3.05, 3.63) is 11.9 Å². The van der Waals surface area contributed by atoms with Crippen molar-refractivity contribution in [3.8, 4) is 0 Å². The lowest BCUT2D eigenvalue weighted by molar-refractivity contribution is -0.148. The summed E-state index contributed by atoms with van der Waals surface area (Å²) >= 11 is 0. The van der Waals surface area contributed by atoms with Gasteiger partial charge in [-0.25, -0.2) is 4.39 Å². The third kappa shape index (κ3) is 1.18. The zero-order chi connectivity index (χ0) is 9.59. The Morgan fingerprint density at radius 1 is 1.62 bits per heavy atom. The van der Waals surface area contributed by atoms with Gasteiger partial charge in [0.1, 0.15) is 0 Å². The highest BCUT2D eigenvalue weighted by molar-refractivity contribution is 5.71. The van der Waals surface area contributed by atoms with E-state index in [1.807, 2.05) is 6.92 Å². The zero-order valence-corrected chi connectivity index (χ0v) is 7.53. The first kappa shape index (κ1) is 8.73. The molecule has 0 aromatic heterocycles. The minimum Gasteiger partial charge on any atom is -0.481 e. The molecular weight excluding hydrogens is 171 g/mol. The molecule has 2 bridgehead atoms. The number of carboxylic acids is 1. The van der Waals surface area contributed by atoms with Crippen molar-refractivity contribution in [1.82, 2.24) is 0 Å². The number of carbonyl (C=O) groups is 1. The standard InChI is InChI=1S/C10H13FO2/c1-5-7-3-2-6(4-8(7)11)9(5)10(12)13/h4-7,9H,2-3H2,1H3,(H,12,13). The van der Waals surface area contributed by atoms with Crippen molar-refractivity contribution < 1.29 is 14.3 Å². The number of fused-ring (bicyclic) bond motifs is 2. The summed E-state index contributed by atoms with van der Waals surface area (Å²) in [4.78, 5) is 10.9. The fraction of sp³-hybridized carbons (Fsp3) is 0.700. The average molecular weight is 184 g/mol. The molecule has 1 fully saturated rings. The largest absolute Gasteiger partial charge is 0.481 e. The number of carboxylic acid groups (broad SMARTS) is 1. The molecule has 4 atom stereocenters. The minimum absolute atomic E-state index is 0.0405. The van der Waals surface area contributed by atoms with Crippen LogP contribution in [-0.4, -0.2) is 11.1 Å². The lowest BCUT2D eigenvalue weighted by Crippen LogP contribution is -2.41. The van der Waals surface area contributed by atoms with Gasteiger partial charge in [-0.3, -0.25) is 4.79 Å². The molecule has 3 heteroatoms. The predicted octanol–water partition coefficient (Wildman–Crippen LogP) is 2.22. The third-order valence-electron chi connectivity index (χ3n) is 3.49. The molecule has 0 aromatic carbocycles. The van der Waals surface area contributed by atoms with E-state index in [0.717, 1.165) is 12.8 Å². The quantitative estimate of drug-likeness (QED) is 0.678. The molecule has 0 amide bonds. The van der Waals surface area contributed by atoms with E-state index < -0.39 is 5.97 Å². The lowest BCUT2D eigenvalue weighted by atomic mass is 9.62. The van der Waals surface area contributed by atoms with Gasteiger partial charge in [0.15, 0.2) is 0 Å². The smallest absolute Gasteiger partial charge is 0.307 e. The van der Waals surface area contributed by atoms with E-state index in [0.29, 0.717) is 0 Å². The first-order chi connectivity index (χ1) is 6.11. The Hall–Kier alpha value is -0.860. The van der Waals surface area contributed by atoms with Crippen LogP contribution < -0.4 is 0 Å². The summed E-state index contributed by atoms with van der Waals surface area (Å²) in [5.74, 6) is -1.46. The van der Waals surface area contributed by atoms with Gasteiger partial charge in [0, 0.05) is 5.92 Å². The lowest BCUT2D eigenvalue weighted by Gasteiger charge is -2.42. The van der Waals surface area contributed by atoms with Gasteiger partial charge in [-0.1, -0.05) is 6.92 Å². The van der Waals surface area contributed by atoms with Crippen LogP contribution >= 0.6 is 0 Å². The number of hydrogen-bond acceptors (Lipinski definition) is 1. The van der Waals surface area contributed by atoms with Crippen molar-refractivity contribution in [2.75, 3.05) is 0 Å². The maximum absolute atomic E-state index is 13.2. The normalized spacial score (nSPS) is 43.1. The predicted molar refractivity (Wildman–Crippen MR) is 45.7 cm³/mol. The van der Waals surface area contributed by atoms with Gasteiger partial charge in [0.2, 0.25) is 0 Å². The molecule has 3 aliphatic carbocycles. The molecule has 13 heavy (non-hydrogen) atoms. The van der Waals surface area contributed by atoms with Gasteiger partial charge >= 0.3 is 5.97 Å². The molecular formula is C10H13FO2. The van der Waals surface area contributed by atoms with E-state index in [1.165, 1.54) is 6.08 Å². The second-order valence-electron chi connectivity index (χ2n) is 4.12. The maximum atomic E-state index is 13.2. The molecule has 1 saturated carbocycles. The molecule has 3 rings (SSSR count). The maximum Gasteiger partial charge on any atom is 0.307 e. The number of hydrogen-bond donors (Lipinski definition) is 1. The molecule has 0 spiro atoms. The van der Waals surface area contributed by atoms with Crippen LogP contribution in [0.4, 0.5) is 4.39 Å². The minimum atomic E-state index is -0.772. The molecule has 0 aromatic rings. The summed E-state index contributed by atoms with van der Waals surface area (Å²) in [6, 6.07) is 0. The van der Waals surface area contributed by atoms with E-state index in [4.69, 9.17) is 5.11 Å². The Balaban J connectivity index is 2.32. The van der Waals surface area contributed by atoms with Crippen molar-refractivity contribution in [2.24, 2.45) is 23.7 Å². The van der Waals surface area contributed by atoms with E-state index in [9.17, 15) is 9.18 Å². The zero-order valence-electron chi connectivity index (χ0n) is 7.53. The second-order valence-corrected chi connectivity index (χ2v) is 4.12. The average Bonchev–Trinajstić information content (AvgIpc) is 2.03. The summed E-state index contributed by atoms with van der Waals surface area (Å²) in [7, 11) is 0.